The van der Waals surface area contributed by atoms with Gasteiger partial charge in [0.05, 0.1) is 7.11 Å². The minimum absolute atomic E-state index is 0.0919. The van der Waals surface area contributed by atoms with Gasteiger partial charge in [-0.15, -0.1) is 0 Å². The molecule has 2 rings (SSSR count). The molecule has 110 valence electrons. The number of carbonyl (C=O) groups excluding carboxylic acids is 1. The Labute approximate surface area is 133 Å². The molecule has 0 aliphatic rings. The van der Waals surface area contributed by atoms with Crippen molar-refractivity contribution in [1.82, 2.24) is 0 Å². The summed E-state index contributed by atoms with van der Waals surface area (Å²) in [5.74, 6) is 0.846. The molecule has 0 aliphatic carbocycles. The van der Waals surface area contributed by atoms with Gasteiger partial charge in [0.1, 0.15) is 5.75 Å². The molecule has 2 aromatic rings. The largest absolute Gasteiger partial charge is 0.497 e. The number of hydrogen-bond acceptors (Lipinski definition) is 3. The van der Waals surface area contributed by atoms with E-state index in [1.807, 2.05) is 61.5 Å². The molecule has 0 spiro atoms. The molecule has 0 fully saturated rings. The highest BCUT2D eigenvalue weighted by Crippen LogP contribution is 2.24. The van der Waals surface area contributed by atoms with Crippen molar-refractivity contribution in [1.29, 1.82) is 0 Å². The van der Waals surface area contributed by atoms with E-state index in [1.165, 1.54) is 0 Å². The Morgan fingerprint density at radius 1 is 1.14 bits per heavy atom. The molecule has 0 heterocycles. The van der Waals surface area contributed by atoms with Crippen molar-refractivity contribution in [2.24, 2.45) is 0 Å². The van der Waals surface area contributed by atoms with E-state index in [0.717, 1.165) is 27.0 Å². The molecule has 0 aromatic heterocycles. The maximum Gasteiger partial charge on any atom is 0.167 e. The smallest absolute Gasteiger partial charge is 0.167 e. The number of nitrogens with zero attached hydrogens (tertiary/aromatic N) is 1. The maximum absolute atomic E-state index is 12.4. The first-order valence-electron chi connectivity index (χ1n) is 6.64. The van der Waals surface area contributed by atoms with Gasteiger partial charge in [-0.3, -0.25) is 4.79 Å². The fraction of sp³-hybridized carbons (Fsp3) is 0.235. The van der Waals surface area contributed by atoms with Crippen molar-refractivity contribution < 1.29 is 9.53 Å². The van der Waals surface area contributed by atoms with Gasteiger partial charge in [0, 0.05) is 36.2 Å². The van der Waals surface area contributed by atoms with Crippen LogP contribution in [0.4, 0.5) is 5.69 Å². The van der Waals surface area contributed by atoms with E-state index >= 15 is 0 Å². The number of rotatable bonds is 5. The highest BCUT2D eigenvalue weighted by Gasteiger charge is 2.11. The molecule has 2 aromatic carbocycles. The third-order valence-corrected chi connectivity index (χ3v) is 4.08. The lowest BCUT2D eigenvalue weighted by molar-refractivity contribution is 0.0993. The Morgan fingerprint density at radius 2 is 1.81 bits per heavy atom. The van der Waals surface area contributed by atoms with Gasteiger partial charge in [0.15, 0.2) is 5.78 Å². The van der Waals surface area contributed by atoms with Crippen LogP contribution in [0, 0.1) is 0 Å². The third kappa shape index (κ3) is 3.85. The zero-order valence-electron chi connectivity index (χ0n) is 12.4. The molecule has 4 heteroatoms. The quantitative estimate of drug-likeness (QED) is 0.767. The summed E-state index contributed by atoms with van der Waals surface area (Å²) in [6.07, 6.45) is 0.346. The minimum atomic E-state index is 0.0919. The van der Waals surface area contributed by atoms with Crippen LogP contribution in [0.15, 0.2) is 46.9 Å². The van der Waals surface area contributed by atoms with Crippen molar-refractivity contribution in [3.05, 3.63) is 58.1 Å². The van der Waals surface area contributed by atoms with Crippen LogP contribution >= 0.6 is 15.9 Å². The Hall–Kier alpha value is -1.81. The van der Waals surface area contributed by atoms with Crippen molar-refractivity contribution in [2.45, 2.75) is 6.42 Å². The summed E-state index contributed by atoms with van der Waals surface area (Å²) in [5.41, 5.74) is 2.72. The second-order valence-electron chi connectivity index (χ2n) is 5.00. The Morgan fingerprint density at radius 3 is 2.38 bits per heavy atom. The average molecular weight is 348 g/mol. The summed E-state index contributed by atoms with van der Waals surface area (Å²) in [7, 11) is 5.57. The molecule has 0 saturated carbocycles. The normalized spacial score (nSPS) is 10.3. The van der Waals surface area contributed by atoms with Gasteiger partial charge in [-0.1, -0.05) is 15.9 Å². The number of ketones is 1. The van der Waals surface area contributed by atoms with E-state index in [-0.39, 0.29) is 5.78 Å². The molecule has 21 heavy (non-hydrogen) atoms. The van der Waals surface area contributed by atoms with E-state index in [2.05, 4.69) is 15.9 Å². The highest BCUT2D eigenvalue weighted by molar-refractivity contribution is 9.10. The number of methoxy groups -OCH3 is 1. The fourth-order valence-electron chi connectivity index (χ4n) is 2.03. The van der Waals surface area contributed by atoms with Gasteiger partial charge in [0.2, 0.25) is 0 Å². The third-order valence-electron chi connectivity index (χ3n) is 3.31. The van der Waals surface area contributed by atoms with Crippen LogP contribution in [-0.2, 0) is 6.42 Å². The lowest BCUT2D eigenvalue weighted by atomic mass is 10.0. The maximum atomic E-state index is 12.4. The van der Waals surface area contributed by atoms with Crippen molar-refractivity contribution in [3.63, 3.8) is 0 Å². The number of ether oxygens (including phenoxy) is 1. The summed E-state index contributed by atoms with van der Waals surface area (Å²) in [4.78, 5) is 14.4. The second-order valence-corrected chi connectivity index (χ2v) is 5.85. The van der Waals surface area contributed by atoms with Crippen LogP contribution in [0.3, 0.4) is 0 Å². The van der Waals surface area contributed by atoms with Crippen molar-refractivity contribution in [2.75, 3.05) is 26.1 Å². The van der Waals surface area contributed by atoms with Crippen LogP contribution in [0.25, 0.3) is 0 Å². The minimum Gasteiger partial charge on any atom is -0.497 e. The highest BCUT2D eigenvalue weighted by atomic mass is 79.9. The van der Waals surface area contributed by atoms with Gasteiger partial charge in [-0.2, -0.15) is 0 Å². The topological polar surface area (TPSA) is 29.5 Å². The van der Waals surface area contributed by atoms with Gasteiger partial charge in [0.25, 0.3) is 0 Å². The van der Waals surface area contributed by atoms with E-state index in [0.29, 0.717) is 6.42 Å². The lowest BCUT2D eigenvalue weighted by Gasteiger charge is -2.12. The second kappa shape index (κ2) is 6.76. The van der Waals surface area contributed by atoms with Gasteiger partial charge in [-0.25, -0.2) is 0 Å². The number of carbonyl (C=O) groups is 1. The zero-order valence-corrected chi connectivity index (χ0v) is 14.0. The van der Waals surface area contributed by atoms with Gasteiger partial charge >= 0.3 is 0 Å². The van der Waals surface area contributed by atoms with Crippen LogP contribution in [0.2, 0.25) is 0 Å². The molecular weight excluding hydrogens is 330 g/mol. The van der Waals surface area contributed by atoms with Crippen LogP contribution < -0.4 is 9.64 Å². The molecule has 0 bridgehead atoms. The number of benzene rings is 2. The number of halogens is 1. The zero-order chi connectivity index (χ0) is 15.4. The molecule has 0 saturated heterocycles. The average Bonchev–Trinajstić information content (AvgIpc) is 2.49. The molecule has 0 radical (unpaired) electrons. The van der Waals surface area contributed by atoms with Crippen LogP contribution in [0.1, 0.15) is 15.9 Å². The van der Waals surface area contributed by atoms with E-state index in [9.17, 15) is 4.79 Å². The Bertz CT molecular complexity index is 636. The first kappa shape index (κ1) is 15.6. The number of Topliss-reactive ketones (excluding diaryl/α,β-unsaturated/α-hetero) is 1. The molecule has 3 nitrogen and oxygen atoms in total. The Balaban J connectivity index is 2.17. The summed E-state index contributed by atoms with van der Waals surface area (Å²) < 4.78 is 6.12. The Kier molecular flexibility index (Phi) is 5.02. The summed E-state index contributed by atoms with van der Waals surface area (Å²) in [6.45, 7) is 0. The van der Waals surface area contributed by atoms with E-state index in [1.54, 1.807) is 7.11 Å². The SMILES string of the molecule is COc1ccc(Br)c(CC(=O)c2ccc(N(C)C)cc2)c1. The molecular formula is C17H18BrNO2. The van der Waals surface area contributed by atoms with Gasteiger partial charge in [-0.05, 0) is 48.0 Å². The molecule has 0 unspecified atom stereocenters. The lowest BCUT2D eigenvalue weighted by Crippen LogP contribution is -2.09. The van der Waals surface area contributed by atoms with E-state index in [4.69, 9.17) is 4.74 Å². The van der Waals surface area contributed by atoms with Gasteiger partial charge < -0.3 is 9.64 Å². The predicted molar refractivity (Wildman–Crippen MR) is 89.5 cm³/mol. The van der Waals surface area contributed by atoms with Crippen LogP contribution in [0.5, 0.6) is 5.75 Å². The molecule has 0 amide bonds. The molecule has 0 aliphatic heterocycles. The predicted octanol–water partition coefficient (Wildman–Crippen LogP) is 3.95. The first-order chi connectivity index (χ1) is 10.0. The summed E-state index contributed by atoms with van der Waals surface area (Å²) >= 11 is 3.48. The van der Waals surface area contributed by atoms with E-state index < -0.39 is 0 Å². The molecule has 0 N–H and O–H groups in total. The summed E-state index contributed by atoms with van der Waals surface area (Å²) in [6, 6.07) is 13.3. The number of hydrogen-bond donors (Lipinski definition) is 0. The first-order valence-corrected chi connectivity index (χ1v) is 7.43. The monoisotopic (exact) mass is 347 g/mol. The van der Waals surface area contributed by atoms with Crippen LogP contribution in [-0.4, -0.2) is 27.0 Å². The fourth-order valence-corrected chi connectivity index (χ4v) is 2.42. The molecule has 0 atom stereocenters. The number of anilines is 1. The standard InChI is InChI=1S/C17H18BrNO2/c1-19(2)14-6-4-12(5-7-14)17(20)11-13-10-15(21-3)8-9-16(13)18/h4-10H,11H2,1-3H3. The summed E-state index contributed by atoms with van der Waals surface area (Å²) in [5, 5.41) is 0. The van der Waals surface area contributed by atoms with Crippen molar-refractivity contribution >= 4 is 27.4 Å². The van der Waals surface area contributed by atoms with Crippen molar-refractivity contribution in [3.8, 4) is 5.75 Å².